The predicted octanol–water partition coefficient (Wildman–Crippen LogP) is -0.405. The molecule has 0 aromatic rings. The van der Waals surface area contributed by atoms with E-state index in [0.717, 1.165) is 12.8 Å². The van der Waals surface area contributed by atoms with Crippen molar-refractivity contribution in [2.24, 2.45) is 0 Å². The van der Waals surface area contributed by atoms with Crippen molar-refractivity contribution in [3.8, 4) is 0 Å². The quantitative estimate of drug-likeness (QED) is 0.318. The third kappa shape index (κ3) is 15.9. The first-order valence-electron chi connectivity index (χ1n) is 4.30. The molecular weight excluding hydrogens is 224 g/mol. The summed E-state index contributed by atoms with van der Waals surface area (Å²) in [4.78, 5) is 19.7. The molecule has 0 amide bonds. The minimum Gasteiger partial charge on any atom is -0.481 e. The van der Waals surface area contributed by atoms with Crippen LogP contribution >= 0.6 is 12.6 Å². The summed E-state index contributed by atoms with van der Waals surface area (Å²) < 4.78 is 0. The molecule has 1 unspecified atom stereocenters. The SMILES string of the molecule is O=C(O)CC(S)C(=O)O.OCCCCO. The summed E-state index contributed by atoms with van der Waals surface area (Å²) in [6.45, 7) is 0.390. The van der Waals surface area contributed by atoms with E-state index in [1.54, 1.807) is 0 Å². The lowest BCUT2D eigenvalue weighted by Crippen LogP contribution is -2.17. The maximum atomic E-state index is 9.90. The topological polar surface area (TPSA) is 115 Å². The second kappa shape index (κ2) is 11.3. The lowest BCUT2D eigenvalue weighted by atomic mass is 10.3. The second-order valence-electron chi connectivity index (χ2n) is 2.61. The van der Waals surface area contributed by atoms with Gasteiger partial charge in [-0.15, -0.1) is 0 Å². The fourth-order valence-corrected chi connectivity index (χ4v) is 0.633. The van der Waals surface area contributed by atoms with Crippen molar-refractivity contribution in [3.05, 3.63) is 0 Å². The normalized spacial score (nSPS) is 11.1. The van der Waals surface area contributed by atoms with Crippen LogP contribution in [-0.4, -0.2) is 50.8 Å². The summed E-state index contributed by atoms with van der Waals surface area (Å²) in [5.41, 5.74) is 0. The molecule has 0 heterocycles. The standard InChI is InChI=1S/C4H6O4S.C4H10O2/c5-3(6)1-2(9)4(7)8;5-3-1-2-4-6/h2,9H,1H2,(H,5,6)(H,7,8);5-6H,1-4H2. The van der Waals surface area contributed by atoms with Crippen LogP contribution in [0.4, 0.5) is 0 Å². The molecule has 0 saturated heterocycles. The minimum atomic E-state index is -1.21. The Bertz CT molecular complexity index is 180. The van der Waals surface area contributed by atoms with Gasteiger partial charge in [0.2, 0.25) is 0 Å². The van der Waals surface area contributed by atoms with E-state index in [-0.39, 0.29) is 13.2 Å². The Labute approximate surface area is 93.0 Å². The highest BCUT2D eigenvalue weighted by atomic mass is 32.1. The maximum Gasteiger partial charge on any atom is 0.316 e. The average Bonchev–Trinajstić information content (AvgIpc) is 2.14. The summed E-state index contributed by atoms with van der Waals surface area (Å²) in [5.74, 6) is -2.36. The number of hydrogen-bond acceptors (Lipinski definition) is 5. The van der Waals surface area contributed by atoms with E-state index in [4.69, 9.17) is 20.4 Å². The third-order valence-corrected chi connectivity index (χ3v) is 1.62. The van der Waals surface area contributed by atoms with Gasteiger partial charge in [-0.05, 0) is 12.8 Å². The Morgan fingerprint density at radius 3 is 1.60 bits per heavy atom. The Balaban J connectivity index is 0. The van der Waals surface area contributed by atoms with E-state index in [2.05, 4.69) is 12.6 Å². The van der Waals surface area contributed by atoms with Gasteiger partial charge in [-0.2, -0.15) is 12.6 Å². The molecular formula is C8H16O6S. The highest BCUT2D eigenvalue weighted by Crippen LogP contribution is 1.99. The molecule has 0 bridgehead atoms. The van der Waals surface area contributed by atoms with Gasteiger partial charge >= 0.3 is 11.9 Å². The monoisotopic (exact) mass is 240 g/mol. The van der Waals surface area contributed by atoms with Gasteiger partial charge in [0, 0.05) is 13.2 Å². The van der Waals surface area contributed by atoms with Gasteiger partial charge in [0.05, 0.1) is 6.42 Å². The molecule has 90 valence electrons. The number of carbonyl (C=O) groups is 2. The Morgan fingerprint density at radius 2 is 1.47 bits per heavy atom. The Morgan fingerprint density at radius 1 is 1.07 bits per heavy atom. The van der Waals surface area contributed by atoms with Crippen molar-refractivity contribution >= 4 is 24.6 Å². The van der Waals surface area contributed by atoms with Crippen LogP contribution in [0.15, 0.2) is 0 Å². The number of aliphatic carboxylic acids is 2. The van der Waals surface area contributed by atoms with E-state index in [1.165, 1.54) is 0 Å². The molecule has 4 N–H and O–H groups in total. The molecule has 0 spiro atoms. The zero-order valence-electron chi connectivity index (χ0n) is 8.17. The van der Waals surface area contributed by atoms with Gasteiger partial charge in [-0.3, -0.25) is 9.59 Å². The average molecular weight is 240 g/mol. The van der Waals surface area contributed by atoms with Crippen molar-refractivity contribution < 1.29 is 30.0 Å². The first-order chi connectivity index (χ1) is 6.95. The lowest BCUT2D eigenvalue weighted by molar-refractivity contribution is -0.142. The number of thiol groups is 1. The first-order valence-corrected chi connectivity index (χ1v) is 4.81. The molecule has 1 atom stereocenters. The molecule has 0 saturated carbocycles. The first kappa shape index (κ1) is 16.6. The summed E-state index contributed by atoms with van der Waals surface area (Å²) >= 11 is 3.48. The van der Waals surface area contributed by atoms with E-state index in [9.17, 15) is 9.59 Å². The Kier molecular flexibility index (Phi) is 12.5. The number of aliphatic hydroxyl groups is 2. The van der Waals surface area contributed by atoms with Gasteiger partial charge in [0.1, 0.15) is 5.25 Å². The molecule has 0 aliphatic heterocycles. The van der Waals surface area contributed by atoms with E-state index in [1.807, 2.05) is 0 Å². The Hall–Kier alpha value is -0.790. The highest BCUT2D eigenvalue weighted by Gasteiger charge is 2.14. The van der Waals surface area contributed by atoms with Gasteiger partial charge in [0.15, 0.2) is 0 Å². The molecule has 0 aromatic heterocycles. The van der Waals surface area contributed by atoms with E-state index < -0.39 is 23.6 Å². The number of unbranched alkanes of at least 4 members (excludes halogenated alkanes) is 1. The van der Waals surface area contributed by atoms with Crippen molar-refractivity contribution in [2.75, 3.05) is 13.2 Å². The maximum absolute atomic E-state index is 9.90. The van der Waals surface area contributed by atoms with E-state index >= 15 is 0 Å². The molecule has 0 rings (SSSR count). The highest BCUT2D eigenvalue weighted by molar-refractivity contribution is 7.81. The molecule has 0 aliphatic carbocycles. The summed E-state index contributed by atoms with van der Waals surface area (Å²) in [6.07, 6.45) is 0.992. The van der Waals surface area contributed by atoms with Crippen molar-refractivity contribution in [1.29, 1.82) is 0 Å². The van der Waals surface area contributed by atoms with Gasteiger partial charge in [-0.1, -0.05) is 0 Å². The summed E-state index contributed by atoms with van der Waals surface area (Å²) in [6, 6.07) is 0. The van der Waals surface area contributed by atoms with Crippen LogP contribution in [0.5, 0.6) is 0 Å². The second-order valence-corrected chi connectivity index (χ2v) is 3.23. The number of rotatable bonds is 6. The summed E-state index contributed by atoms with van der Waals surface area (Å²) in [7, 11) is 0. The van der Waals surface area contributed by atoms with Crippen LogP contribution in [0.2, 0.25) is 0 Å². The predicted molar refractivity (Wildman–Crippen MR) is 56.1 cm³/mol. The lowest BCUT2D eigenvalue weighted by Gasteiger charge is -1.97. The molecule has 0 radical (unpaired) electrons. The number of hydrogen-bond donors (Lipinski definition) is 5. The van der Waals surface area contributed by atoms with Gasteiger partial charge < -0.3 is 20.4 Å². The summed E-state index contributed by atoms with van der Waals surface area (Å²) in [5, 5.41) is 31.2. The van der Waals surface area contributed by atoms with Crippen LogP contribution in [-0.2, 0) is 9.59 Å². The molecule has 0 fully saturated rings. The smallest absolute Gasteiger partial charge is 0.316 e. The largest absolute Gasteiger partial charge is 0.481 e. The number of aliphatic hydroxyl groups excluding tert-OH is 2. The van der Waals surface area contributed by atoms with Crippen molar-refractivity contribution in [1.82, 2.24) is 0 Å². The third-order valence-electron chi connectivity index (χ3n) is 1.22. The molecule has 15 heavy (non-hydrogen) atoms. The zero-order chi connectivity index (χ0) is 12.3. The molecule has 0 aliphatic rings. The fraction of sp³-hybridized carbons (Fsp3) is 0.750. The van der Waals surface area contributed by atoms with Crippen LogP contribution in [0.25, 0.3) is 0 Å². The zero-order valence-corrected chi connectivity index (χ0v) is 9.06. The molecule has 0 aromatic carbocycles. The van der Waals surface area contributed by atoms with Gasteiger partial charge in [0.25, 0.3) is 0 Å². The van der Waals surface area contributed by atoms with Gasteiger partial charge in [-0.25, -0.2) is 0 Å². The molecule has 7 heteroatoms. The molecule has 6 nitrogen and oxygen atoms in total. The fourth-order valence-electron chi connectivity index (χ4n) is 0.476. The van der Waals surface area contributed by atoms with Crippen LogP contribution in [0.1, 0.15) is 19.3 Å². The minimum absolute atomic E-state index is 0.195. The van der Waals surface area contributed by atoms with Crippen molar-refractivity contribution in [2.45, 2.75) is 24.5 Å². The van der Waals surface area contributed by atoms with Crippen molar-refractivity contribution in [3.63, 3.8) is 0 Å². The van der Waals surface area contributed by atoms with Crippen LogP contribution in [0, 0.1) is 0 Å². The van der Waals surface area contributed by atoms with E-state index in [0.29, 0.717) is 0 Å². The van der Waals surface area contributed by atoms with Crippen LogP contribution < -0.4 is 0 Å². The van der Waals surface area contributed by atoms with Crippen LogP contribution in [0.3, 0.4) is 0 Å². The number of carboxylic acids is 2. The number of carboxylic acid groups (broad SMARTS) is 2.